The van der Waals surface area contributed by atoms with E-state index in [1.54, 1.807) is 0 Å². The molecular formula is C16H18ClF3N4O3S3. The van der Waals surface area contributed by atoms with Crippen LogP contribution in [0.25, 0.3) is 0 Å². The van der Waals surface area contributed by atoms with Gasteiger partial charge in [0.1, 0.15) is 6.54 Å². The summed E-state index contributed by atoms with van der Waals surface area (Å²) in [6, 6.07) is 2.61. The number of carbonyl (C=O) groups is 1. The third kappa shape index (κ3) is 7.00. The fourth-order valence-electron chi connectivity index (χ4n) is 2.13. The van der Waals surface area contributed by atoms with Crippen molar-refractivity contribution in [3.8, 4) is 0 Å². The Labute approximate surface area is 185 Å². The number of carbonyl (C=O) groups excluding carboxylic acids is 1. The smallest absolute Gasteiger partial charge is 0.299 e. The van der Waals surface area contributed by atoms with Gasteiger partial charge >= 0.3 is 6.18 Å². The standard InChI is InChI=1S/C16H18ClF3N4O3S3/c1-9(2)8-28-15-23-22-14(29-15)21-13(25)7-24(30(3,26)27)10-4-5-12(17)11(6-10)16(18,19)20/h4-6,9H,7-8H2,1-3H3,(H,21,22,25). The predicted molar refractivity (Wildman–Crippen MR) is 113 cm³/mol. The van der Waals surface area contributed by atoms with Crippen LogP contribution in [0.1, 0.15) is 19.4 Å². The zero-order chi connectivity index (χ0) is 22.7. The molecule has 0 saturated carbocycles. The quantitative estimate of drug-likeness (QED) is 0.426. The Bertz CT molecular complexity index is 1010. The summed E-state index contributed by atoms with van der Waals surface area (Å²) in [5.41, 5.74) is -1.54. The Balaban J connectivity index is 2.19. The van der Waals surface area contributed by atoms with Crippen molar-refractivity contribution in [3.63, 3.8) is 0 Å². The van der Waals surface area contributed by atoms with Gasteiger partial charge < -0.3 is 0 Å². The van der Waals surface area contributed by atoms with E-state index in [9.17, 15) is 26.4 Å². The maximum atomic E-state index is 13.1. The van der Waals surface area contributed by atoms with E-state index >= 15 is 0 Å². The van der Waals surface area contributed by atoms with Crippen molar-refractivity contribution in [2.75, 3.05) is 28.2 Å². The largest absolute Gasteiger partial charge is 0.417 e. The number of nitrogens with one attached hydrogen (secondary N) is 1. The van der Waals surface area contributed by atoms with Crippen LogP contribution in [0, 0.1) is 5.92 Å². The topological polar surface area (TPSA) is 92.3 Å². The highest BCUT2D eigenvalue weighted by molar-refractivity contribution is 8.01. The van der Waals surface area contributed by atoms with Crippen LogP contribution in [-0.2, 0) is 21.0 Å². The first kappa shape index (κ1) is 24.7. The minimum Gasteiger partial charge on any atom is -0.299 e. The molecule has 1 aromatic carbocycles. The van der Waals surface area contributed by atoms with Crippen molar-refractivity contribution in [1.82, 2.24) is 10.2 Å². The molecule has 0 spiro atoms. The lowest BCUT2D eigenvalue weighted by Crippen LogP contribution is -2.37. The van der Waals surface area contributed by atoms with Gasteiger partial charge in [-0.3, -0.25) is 14.4 Å². The number of alkyl halides is 3. The highest BCUT2D eigenvalue weighted by Gasteiger charge is 2.34. The van der Waals surface area contributed by atoms with Crippen LogP contribution in [0.5, 0.6) is 0 Å². The first-order valence-corrected chi connectivity index (χ1v) is 12.4. The molecular weight excluding hydrogens is 485 g/mol. The van der Waals surface area contributed by atoms with Gasteiger partial charge in [-0.2, -0.15) is 13.2 Å². The van der Waals surface area contributed by atoms with Crippen molar-refractivity contribution >= 4 is 61.4 Å². The van der Waals surface area contributed by atoms with Gasteiger partial charge in [0.2, 0.25) is 21.1 Å². The number of rotatable bonds is 8. The molecule has 0 aliphatic heterocycles. The summed E-state index contributed by atoms with van der Waals surface area (Å²) in [5, 5.41) is 9.73. The van der Waals surface area contributed by atoms with Gasteiger partial charge in [0.05, 0.1) is 22.5 Å². The molecule has 14 heteroatoms. The minimum absolute atomic E-state index is 0.159. The lowest BCUT2D eigenvalue weighted by atomic mass is 10.2. The molecule has 1 amide bonds. The van der Waals surface area contributed by atoms with Gasteiger partial charge in [0.25, 0.3) is 0 Å². The molecule has 2 rings (SSSR count). The molecule has 1 N–H and O–H groups in total. The highest BCUT2D eigenvalue weighted by Crippen LogP contribution is 2.37. The fraction of sp³-hybridized carbons (Fsp3) is 0.438. The average Bonchev–Trinajstić information content (AvgIpc) is 3.04. The van der Waals surface area contributed by atoms with Crippen LogP contribution in [0.4, 0.5) is 24.0 Å². The van der Waals surface area contributed by atoms with Crippen LogP contribution in [0.2, 0.25) is 5.02 Å². The summed E-state index contributed by atoms with van der Waals surface area (Å²) in [5.74, 6) is 0.462. The average molecular weight is 503 g/mol. The third-order valence-electron chi connectivity index (χ3n) is 3.42. The van der Waals surface area contributed by atoms with E-state index in [4.69, 9.17) is 11.6 Å². The molecule has 2 aromatic rings. The van der Waals surface area contributed by atoms with E-state index in [0.717, 1.165) is 35.5 Å². The molecule has 0 aliphatic carbocycles. The van der Waals surface area contributed by atoms with Gasteiger partial charge in [-0.25, -0.2) is 8.42 Å². The van der Waals surface area contributed by atoms with Gasteiger partial charge in [-0.05, 0) is 24.1 Å². The molecule has 166 valence electrons. The van der Waals surface area contributed by atoms with E-state index < -0.39 is 39.2 Å². The zero-order valence-corrected chi connectivity index (χ0v) is 19.2. The number of hydrogen-bond donors (Lipinski definition) is 1. The van der Waals surface area contributed by atoms with Gasteiger partial charge in [0, 0.05) is 5.75 Å². The molecule has 0 saturated heterocycles. The Hall–Kier alpha value is -1.57. The maximum absolute atomic E-state index is 13.1. The zero-order valence-electron chi connectivity index (χ0n) is 16.0. The minimum atomic E-state index is -4.78. The number of anilines is 2. The Morgan fingerprint density at radius 1 is 1.33 bits per heavy atom. The maximum Gasteiger partial charge on any atom is 0.417 e. The number of amides is 1. The lowest BCUT2D eigenvalue weighted by molar-refractivity contribution is -0.137. The number of sulfonamides is 1. The van der Waals surface area contributed by atoms with Crippen LogP contribution >= 0.6 is 34.7 Å². The Kier molecular flexibility index (Phi) is 7.99. The van der Waals surface area contributed by atoms with Crippen molar-refractivity contribution in [2.45, 2.75) is 24.4 Å². The summed E-state index contributed by atoms with van der Waals surface area (Å²) in [6.45, 7) is 3.33. The number of nitrogens with zero attached hydrogens (tertiary/aromatic N) is 3. The Morgan fingerprint density at radius 2 is 2.00 bits per heavy atom. The van der Waals surface area contributed by atoms with Gasteiger partial charge in [-0.1, -0.05) is 48.5 Å². The second-order valence-corrected chi connectivity index (χ2v) is 11.1. The fourth-order valence-corrected chi connectivity index (χ4v) is 4.95. The molecule has 0 atom stereocenters. The number of thioether (sulfide) groups is 1. The van der Waals surface area contributed by atoms with Crippen molar-refractivity contribution in [2.24, 2.45) is 5.92 Å². The summed E-state index contributed by atoms with van der Waals surface area (Å²) in [4.78, 5) is 12.3. The molecule has 0 unspecified atom stereocenters. The first-order chi connectivity index (χ1) is 13.8. The number of halogens is 4. The molecule has 1 heterocycles. The van der Waals surface area contributed by atoms with Crippen molar-refractivity contribution < 1.29 is 26.4 Å². The second-order valence-electron chi connectivity index (χ2n) is 6.56. The van der Waals surface area contributed by atoms with Crippen molar-refractivity contribution in [3.05, 3.63) is 28.8 Å². The molecule has 0 radical (unpaired) electrons. The highest BCUT2D eigenvalue weighted by atomic mass is 35.5. The number of hydrogen-bond acceptors (Lipinski definition) is 7. The second kappa shape index (κ2) is 9.71. The van der Waals surface area contributed by atoms with E-state index in [0.29, 0.717) is 20.6 Å². The van der Waals surface area contributed by atoms with E-state index in [2.05, 4.69) is 15.5 Å². The number of benzene rings is 1. The monoisotopic (exact) mass is 502 g/mol. The molecule has 0 aliphatic rings. The van der Waals surface area contributed by atoms with Crippen molar-refractivity contribution in [1.29, 1.82) is 0 Å². The molecule has 0 fully saturated rings. The normalized spacial score (nSPS) is 12.3. The van der Waals surface area contributed by atoms with Crippen LogP contribution in [0.15, 0.2) is 22.5 Å². The number of aromatic nitrogens is 2. The molecule has 0 bridgehead atoms. The van der Waals surface area contributed by atoms with Gasteiger partial charge in [0.15, 0.2) is 4.34 Å². The first-order valence-electron chi connectivity index (χ1n) is 8.38. The summed E-state index contributed by atoms with van der Waals surface area (Å²) in [6.07, 6.45) is -4.00. The van der Waals surface area contributed by atoms with Crippen LogP contribution < -0.4 is 9.62 Å². The molecule has 30 heavy (non-hydrogen) atoms. The van der Waals surface area contributed by atoms with E-state index in [1.807, 2.05) is 13.8 Å². The predicted octanol–water partition coefficient (Wildman–Crippen LogP) is 4.36. The Morgan fingerprint density at radius 3 is 2.57 bits per heavy atom. The van der Waals surface area contributed by atoms with Gasteiger partial charge in [-0.15, -0.1) is 10.2 Å². The van der Waals surface area contributed by atoms with Crippen LogP contribution in [0.3, 0.4) is 0 Å². The lowest BCUT2D eigenvalue weighted by Gasteiger charge is -2.23. The summed E-state index contributed by atoms with van der Waals surface area (Å²) >= 11 is 8.16. The molecule has 7 nitrogen and oxygen atoms in total. The summed E-state index contributed by atoms with van der Waals surface area (Å²) < 4.78 is 64.8. The van der Waals surface area contributed by atoms with E-state index in [1.165, 1.54) is 11.8 Å². The van der Waals surface area contributed by atoms with E-state index in [-0.39, 0.29) is 10.8 Å². The summed E-state index contributed by atoms with van der Waals surface area (Å²) in [7, 11) is -4.07. The third-order valence-corrected chi connectivity index (χ3v) is 7.29. The molecule has 1 aromatic heterocycles. The SMILES string of the molecule is CC(C)CSc1nnc(NC(=O)CN(c2ccc(Cl)c(C(F)(F)F)c2)S(C)(=O)=O)s1. The van der Waals surface area contributed by atoms with Crippen LogP contribution in [-0.4, -0.2) is 43.1 Å².